The van der Waals surface area contributed by atoms with Crippen molar-refractivity contribution in [1.29, 1.82) is 0 Å². The largest absolute Gasteiger partial charge is 0.478 e. The molecular weight excluding hydrogens is 216 g/mol. The minimum absolute atomic E-state index is 0.0948. The van der Waals surface area contributed by atoms with Crippen molar-refractivity contribution in [2.24, 2.45) is 5.92 Å². The number of carboxylic acid groups (broad SMARTS) is 1. The first-order chi connectivity index (χ1) is 7.86. The van der Waals surface area contributed by atoms with E-state index < -0.39 is 5.97 Å². The molecule has 0 aliphatic heterocycles. The van der Waals surface area contributed by atoms with Crippen LogP contribution in [-0.4, -0.2) is 16.9 Å². The second kappa shape index (κ2) is 7.39. The van der Waals surface area contributed by atoms with E-state index in [1.54, 1.807) is 0 Å². The zero-order valence-electron chi connectivity index (χ0n) is 10.4. The number of benzene rings is 1. The molecule has 1 aromatic carbocycles. The third kappa shape index (κ3) is 6.30. The van der Waals surface area contributed by atoms with E-state index in [9.17, 15) is 9.59 Å². The van der Waals surface area contributed by atoms with E-state index in [-0.39, 0.29) is 17.3 Å². The van der Waals surface area contributed by atoms with Gasteiger partial charge in [-0.1, -0.05) is 50.8 Å². The number of aliphatic carboxylic acids is 1. The van der Waals surface area contributed by atoms with Crippen LogP contribution >= 0.6 is 0 Å². The molecule has 0 aliphatic carbocycles. The van der Waals surface area contributed by atoms with Gasteiger partial charge in [0.05, 0.1) is 0 Å². The number of ketones is 1. The average Bonchev–Trinajstić information content (AvgIpc) is 2.29. The van der Waals surface area contributed by atoms with E-state index in [4.69, 9.17) is 5.11 Å². The van der Waals surface area contributed by atoms with Crippen LogP contribution in [-0.2, 0) is 4.79 Å². The maximum absolute atomic E-state index is 11.3. The fourth-order valence-electron chi connectivity index (χ4n) is 0.936. The predicted molar refractivity (Wildman–Crippen MR) is 68.1 cm³/mol. The summed E-state index contributed by atoms with van der Waals surface area (Å²) in [5.41, 5.74) is 0.984. The highest BCUT2D eigenvalue weighted by Crippen LogP contribution is 2.06. The monoisotopic (exact) mass is 234 g/mol. The van der Waals surface area contributed by atoms with E-state index in [0.717, 1.165) is 5.56 Å². The number of carboxylic acids is 1. The molecule has 0 aliphatic rings. The molecule has 0 saturated heterocycles. The molecule has 0 unspecified atom stereocenters. The SMILES string of the molecule is C=C(C)C(=O)O.CC(C)C(=O)c1ccccc1. The Hall–Kier alpha value is -1.90. The van der Waals surface area contributed by atoms with Gasteiger partial charge in [0.25, 0.3) is 0 Å². The molecule has 1 N–H and O–H groups in total. The summed E-state index contributed by atoms with van der Waals surface area (Å²) in [4.78, 5) is 20.9. The highest BCUT2D eigenvalue weighted by atomic mass is 16.4. The molecule has 92 valence electrons. The molecule has 0 radical (unpaired) electrons. The van der Waals surface area contributed by atoms with Crippen LogP contribution in [0.2, 0.25) is 0 Å². The Morgan fingerprint density at radius 1 is 1.18 bits per heavy atom. The maximum Gasteiger partial charge on any atom is 0.330 e. The van der Waals surface area contributed by atoms with Crippen molar-refractivity contribution in [1.82, 2.24) is 0 Å². The van der Waals surface area contributed by atoms with Crippen LogP contribution in [0.25, 0.3) is 0 Å². The molecule has 1 rings (SSSR count). The third-order valence-corrected chi connectivity index (χ3v) is 1.95. The van der Waals surface area contributed by atoms with E-state index in [0.29, 0.717) is 0 Å². The molecule has 1 aromatic rings. The molecule has 0 saturated carbocycles. The van der Waals surface area contributed by atoms with Crippen LogP contribution in [0.5, 0.6) is 0 Å². The Labute approximate surface area is 102 Å². The van der Waals surface area contributed by atoms with Crippen LogP contribution in [0.1, 0.15) is 31.1 Å². The standard InChI is InChI=1S/C10H12O.C4H6O2/c1-8(2)10(11)9-6-4-3-5-7-9;1-3(2)4(5)6/h3-8H,1-2H3;1H2,2H3,(H,5,6). The van der Waals surface area contributed by atoms with Crippen LogP contribution in [0.4, 0.5) is 0 Å². The van der Waals surface area contributed by atoms with E-state index in [1.165, 1.54) is 6.92 Å². The summed E-state index contributed by atoms with van der Waals surface area (Å²) < 4.78 is 0. The molecule has 3 nitrogen and oxygen atoms in total. The first kappa shape index (κ1) is 15.1. The molecule has 0 atom stereocenters. The summed E-state index contributed by atoms with van der Waals surface area (Å²) in [6.45, 7) is 8.43. The Morgan fingerprint density at radius 3 is 1.88 bits per heavy atom. The van der Waals surface area contributed by atoms with E-state index in [2.05, 4.69) is 6.58 Å². The average molecular weight is 234 g/mol. The van der Waals surface area contributed by atoms with Crippen LogP contribution in [0.15, 0.2) is 42.5 Å². The van der Waals surface area contributed by atoms with Crippen LogP contribution in [0.3, 0.4) is 0 Å². The highest BCUT2D eigenvalue weighted by molar-refractivity contribution is 5.97. The molecular formula is C14H18O3. The highest BCUT2D eigenvalue weighted by Gasteiger charge is 2.08. The van der Waals surface area contributed by atoms with Gasteiger partial charge in [0.15, 0.2) is 5.78 Å². The normalized spacial score (nSPS) is 9.18. The van der Waals surface area contributed by atoms with Gasteiger partial charge >= 0.3 is 5.97 Å². The predicted octanol–water partition coefficient (Wildman–Crippen LogP) is 3.17. The topological polar surface area (TPSA) is 54.4 Å². The number of hydrogen-bond donors (Lipinski definition) is 1. The number of hydrogen-bond acceptors (Lipinski definition) is 2. The van der Waals surface area contributed by atoms with Crippen LogP contribution in [0, 0.1) is 5.92 Å². The zero-order chi connectivity index (χ0) is 13.4. The summed E-state index contributed by atoms with van der Waals surface area (Å²) in [7, 11) is 0. The van der Waals surface area contributed by atoms with E-state index in [1.807, 2.05) is 44.2 Å². The summed E-state index contributed by atoms with van der Waals surface area (Å²) >= 11 is 0. The van der Waals surface area contributed by atoms with Crippen molar-refractivity contribution < 1.29 is 14.7 Å². The van der Waals surface area contributed by atoms with Gasteiger partial charge in [-0.05, 0) is 6.92 Å². The number of rotatable bonds is 3. The lowest BCUT2D eigenvalue weighted by Gasteiger charge is -2.01. The first-order valence-electron chi connectivity index (χ1n) is 5.34. The summed E-state index contributed by atoms with van der Waals surface area (Å²) in [5, 5.41) is 7.89. The van der Waals surface area contributed by atoms with Crippen molar-refractivity contribution in [3.05, 3.63) is 48.0 Å². The van der Waals surface area contributed by atoms with Gasteiger partial charge in [-0.2, -0.15) is 0 Å². The molecule has 0 spiro atoms. The lowest BCUT2D eigenvalue weighted by Crippen LogP contribution is -2.06. The summed E-state index contributed by atoms with van der Waals surface area (Å²) in [6, 6.07) is 9.38. The lowest BCUT2D eigenvalue weighted by molar-refractivity contribution is -0.132. The molecule has 0 heterocycles. The van der Waals surface area contributed by atoms with Gasteiger partial charge in [0.1, 0.15) is 0 Å². The Morgan fingerprint density at radius 2 is 1.59 bits per heavy atom. The molecule has 17 heavy (non-hydrogen) atoms. The van der Waals surface area contributed by atoms with Gasteiger partial charge in [0, 0.05) is 17.1 Å². The Kier molecular flexibility index (Phi) is 6.56. The second-order valence-corrected chi connectivity index (χ2v) is 3.97. The molecule has 0 aromatic heterocycles. The summed E-state index contributed by atoms with van der Waals surface area (Å²) in [6.07, 6.45) is 0. The fraction of sp³-hybridized carbons (Fsp3) is 0.286. The second-order valence-electron chi connectivity index (χ2n) is 3.97. The fourth-order valence-corrected chi connectivity index (χ4v) is 0.936. The van der Waals surface area contributed by atoms with Gasteiger partial charge in [0.2, 0.25) is 0 Å². The van der Waals surface area contributed by atoms with Gasteiger partial charge in [-0.3, -0.25) is 4.79 Å². The first-order valence-corrected chi connectivity index (χ1v) is 5.34. The maximum atomic E-state index is 11.3. The quantitative estimate of drug-likeness (QED) is 0.645. The summed E-state index contributed by atoms with van der Waals surface area (Å²) in [5.74, 6) is -0.627. The van der Waals surface area contributed by atoms with Gasteiger partial charge < -0.3 is 5.11 Å². The number of Topliss-reactive ketones (excluding diaryl/α,β-unsaturated/α-hetero) is 1. The van der Waals surface area contributed by atoms with Gasteiger partial charge in [-0.25, -0.2) is 4.79 Å². The molecule has 0 amide bonds. The third-order valence-electron chi connectivity index (χ3n) is 1.95. The molecule has 0 bridgehead atoms. The molecule has 0 fully saturated rings. The smallest absolute Gasteiger partial charge is 0.330 e. The van der Waals surface area contributed by atoms with Crippen molar-refractivity contribution in [3.8, 4) is 0 Å². The lowest BCUT2D eigenvalue weighted by atomic mass is 10.0. The van der Waals surface area contributed by atoms with Crippen LogP contribution < -0.4 is 0 Å². The van der Waals surface area contributed by atoms with E-state index >= 15 is 0 Å². The molecule has 3 heteroatoms. The Balaban J connectivity index is 0.000000366. The van der Waals surface area contributed by atoms with Crippen molar-refractivity contribution in [3.63, 3.8) is 0 Å². The minimum atomic E-state index is -0.935. The van der Waals surface area contributed by atoms with Crippen molar-refractivity contribution >= 4 is 11.8 Å². The van der Waals surface area contributed by atoms with Crippen molar-refractivity contribution in [2.75, 3.05) is 0 Å². The van der Waals surface area contributed by atoms with Gasteiger partial charge in [-0.15, -0.1) is 0 Å². The Bertz CT molecular complexity index is 379. The zero-order valence-corrected chi connectivity index (χ0v) is 10.4. The van der Waals surface area contributed by atoms with Crippen molar-refractivity contribution in [2.45, 2.75) is 20.8 Å². The number of carbonyl (C=O) groups excluding carboxylic acids is 1. The minimum Gasteiger partial charge on any atom is -0.478 e. The number of carbonyl (C=O) groups is 2.